The molecule has 0 bridgehead atoms. The van der Waals surface area contributed by atoms with Crippen molar-refractivity contribution in [2.45, 2.75) is 57.2 Å². The van der Waals surface area contributed by atoms with Crippen molar-refractivity contribution < 1.29 is 45.3 Å². The quantitative estimate of drug-likeness (QED) is 0.340. The maximum Gasteiger partial charge on any atom is 0.416 e. The highest BCUT2D eigenvalue weighted by atomic mass is 19.4. The lowest BCUT2D eigenvalue weighted by Crippen LogP contribution is -2.45. The number of rotatable bonds is 7. The van der Waals surface area contributed by atoms with E-state index in [0.717, 1.165) is 32.2 Å². The molecule has 0 spiro atoms. The predicted octanol–water partition coefficient (Wildman–Crippen LogP) is 7.06. The molecule has 1 fully saturated rings. The highest BCUT2D eigenvalue weighted by Crippen LogP contribution is 2.48. The number of methoxy groups -OCH3 is 3. The van der Waals surface area contributed by atoms with E-state index in [0.29, 0.717) is 41.5 Å². The summed E-state index contributed by atoms with van der Waals surface area (Å²) in [5.41, 5.74) is -1.82. The standard InChI is InChI=1S/C27H30F6N2O4/c1-15-7-21(20-11-23(37-2)24(38-3)12-22(20)34(15)13-16-5-6-16)35(25(36)39-4)14-17-8-18(26(28,29)30)10-19(9-17)27(31,32)33/h8-12,15-16,21H,5-7,13-14H2,1-4H3/t15-,21+/m1/s1. The zero-order valence-corrected chi connectivity index (χ0v) is 21.9. The fourth-order valence-corrected chi connectivity index (χ4v) is 5.09. The number of carbonyl (C=O) groups excluding carboxylic acids is 1. The molecule has 6 nitrogen and oxygen atoms in total. The molecule has 4 rings (SSSR count). The number of amides is 1. The van der Waals surface area contributed by atoms with Gasteiger partial charge in [0.2, 0.25) is 0 Å². The SMILES string of the molecule is COC(=O)N(Cc1cc(C(F)(F)F)cc(C(F)(F)F)c1)[C@H]1C[C@@H](C)N(CC2CC2)c2cc(OC)c(OC)cc21. The largest absolute Gasteiger partial charge is 0.493 e. The van der Waals surface area contributed by atoms with Crippen molar-refractivity contribution in [1.82, 2.24) is 4.90 Å². The van der Waals surface area contributed by atoms with Crippen LogP contribution in [0, 0.1) is 5.92 Å². The van der Waals surface area contributed by atoms with Gasteiger partial charge in [0.15, 0.2) is 11.5 Å². The van der Waals surface area contributed by atoms with E-state index in [4.69, 9.17) is 14.2 Å². The van der Waals surface area contributed by atoms with Crippen LogP contribution in [0.2, 0.25) is 0 Å². The van der Waals surface area contributed by atoms with Gasteiger partial charge in [0.25, 0.3) is 0 Å². The van der Waals surface area contributed by atoms with Crippen molar-refractivity contribution in [3.05, 3.63) is 52.6 Å². The van der Waals surface area contributed by atoms with Crippen LogP contribution in [0.5, 0.6) is 11.5 Å². The number of anilines is 1. The van der Waals surface area contributed by atoms with Gasteiger partial charge >= 0.3 is 18.4 Å². The van der Waals surface area contributed by atoms with Crippen LogP contribution in [0.15, 0.2) is 30.3 Å². The van der Waals surface area contributed by atoms with Crippen LogP contribution >= 0.6 is 0 Å². The summed E-state index contributed by atoms with van der Waals surface area (Å²) in [5, 5.41) is 0. The lowest BCUT2D eigenvalue weighted by Gasteiger charge is -2.44. The molecule has 39 heavy (non-hydrogen) atoms. The van der Waals surface area contributed by atoms with Gasteiger partial charge in [-0.25, -0.2) is 4.79 Å². The van der Waals surface area contributed by atoms with Crippen LogP contribution in [0.25, 0.3) is 0 Å². The smallest absolute Gasteiger partial charge is 0.416 e. The van der Waals surface area contributed by atoms with Crippen molar-refractivity contribution in [2.24, 2.45) is 5.92 Å². The van der Waals surface area contributed by atoms with Gasteiger partial charge in [-0.05, 0) is 61.9 Å². The Balaban J connectivity index is 1.82. The van der Waals surface area contributed by atoms with Gasteiger partial charge in [0, 0.05) is 36.4 Å². The molecule has 1 amide bonds. The molecular weight excluding hydrogens is 530 g/mol. The van der Waals surface area contributed by atoms with E-state index in [-0.39, 0.29) is 17.7 Å². The molecule has 0 unspecified atom stereocenters. The van der Waals surface area contributed by atoms with Gasteiger partial charge in [0.1, 0.15) is 0 Å². The number of hydrogen-bond acceptors (Lipinski definition) is 5. The van der Waals surface area contributed by atoms with Gasteiger partial charge in [-0.3, -0.25) is 4.90 Å². The third kappa shape index (κ3) is 6.14. The lowest BCUT2D eigenvalue weighted by atomic mass is 9.89. The first-order valence-corrected chi connectivity index (χ1v) is 12.4. The van der Waals surface area contributed by atoms with Gasteiger partial charge in [-0.1, -0.05) is 0 Å². The van der Waals surface area contributed by atoms with Crippen LogP contribution < -0.4 is 14.4 Å². The Morgan fingerprint density at radius 2 is 1.49 bits per heavy atom. The zero-order chi connectivity index (χ0) is 28.7. The number of benzene rings is 2. The molecule has 2 aromatic rings. The summed E-state index contributed by atoms with van der Waals surface area (Å²) < 4.78 is 96.9. The maximum absolute atomic E-state index is 13.5. The number of nitrogens with zero attached hydrogens (tertiary/aromatic N) is 2. The van der Waals surface area contributed by atoms with Crippen LogP contribution in [-0.2, 0) is 23.6 Å². The molecule has 12 heteroatoms. The summed E-state index contributed by atoms with van der Waals surface area (Å²) in [6, 6.07) is 4.01. The van der Waals surface area contributed by atoms with E-state index in [1.165, 1.54) is 19.1 Å². The van der Waals surface area contributed by atoms with E-state index in [1.807, 2.05) is 6.92 Å². The van der Waals surface area contributed by atoms with E-state index in [2.05, 4.69) is 4.90 Å². The number of ether oxygens (including phenoxy) is 3. The topological polar surface area (TPSA) is 51.2 Å². The maximum atomic E-state index is 13.5. The van der Waals surface area contributed by atoms with E-state index in [1.54, 1.807) is 12.1 Å². The van der Waals surface area contributed by atoms with Crippen LogP contribution in [0.3, 0.4) is 0 Å². The average molecular weight is 561 g/mol. The fraction of sp³-hybridized carbons (Fsp3) is 0.519. The molecule has 1 saturated carbocycles. The van der Waals surface area contributed by atoms with Crippen molar-refractivity contribution in [1.29, 1.82) is 0 Å². The Kier molecular flexibility index (Phi) is 7.86. The second kappa shape index (κ2) is 10.7. The summed E-state index contributed by atoms with van der Waals surface area (Å²) in [6.07, 6.45) is -8.33. The molecule has 2 aromatic carbocycles. The Morgan fingerprint density at radius 1 is 0.923 bits per heavy atom. The zero-order valence-electron chi connectivity index (χ0n) is 21.9. The monoisotopic (exact) mass is 560 g/mol. The van der Waals surface area contributed by atoms with E-state index in [9.17, 15) is 31.1 Å². The molecule has 2 aliphatic rings. The normalized spacial score (nSPS) is 19.4. The van der Waals surface area contributed by atoms with E-state index < -0.39 is 42.2 Å². The number of alkyl halides is 6. The first kappa shape index (κ1) is 28.7. The van der Waals surface area contributed by atoms with Crippen LogP contribution in [0.4, 0.5) is 36.8 Å². The molecule has 2 atom stereocenters. The minimum Gasteiger partial charge on any atom is -0.493 e. The molecule has 214 valence electrons. The number of fused-ring (bicyclic) bond motifs is 1. The lowest BCUT2D eigenvalue weighted by molar-refractivity contribution is -0.143. The Hall–Kier alpha value is -3.31. The molecule has 1 aliphatic carbocycles. The molecule has 0 aromatic heterocycles. The van der Waals surface area contributed by atoms with Crippen LogP contribution in [-0.4, -0.2) is 44.9 Å². The predicted molar refractivity (Wildman–Crippen MR) is 131 cm³/mol. The number of hydrogen-bond donors (Lipinski definition) is 0. The summed E-state index contributed by atoms with van der Waals surface area (Å²) in [7, 11) is 4.06. The van der Waals surface area contributed by atoms with Crippen molar-refractivity contribution in [2.75, 3.05) is 32.8 Å². The summed E-state index contributed by atoms with van der Waals surface area (Å²) in [4.78, 5) is 16.4. The molecule has 1 aliphatic heterocycles. The Labute approximate surface area is 222 Å². The fourth-order valence-electron chi connectivity index (χ4n) is 5.09. The van der Waals surface area contributed by atoms with Crippen LogP contribution in [0.1, 0.15) is 54.5 Å². The molecule has 1 heterocycles. The third-order valence-corrected chi connectivity index (χ3v) is 7.24. The minimum absolute atomic E-state index is 0.0663. The molecule has 0 N–H and O–H groups in total. The Morgan fingerprint density at radius 3 is 1.97 bits per heavy atom. The van der Waals surface area contributed by atoms with Crippen molar-refractivity contribution >= 4 is 11.8 Å². The highest BCUT2D eigenvalue weighted by molar-refractivity contribution is 5.71. The third-order valence-electron chi connectivity index (χ3n) is 7.24. The van der Waals surface area contributed by atoms with Crippen molar-refractivity contribution in [3.8, 4) is 11.5 Å². The average Bonchev–Trinajstić information content (AvgIpc) is 3.70. The minimum atomic E-state index is -5.01. The number of halogens is 6. The van der Waals surface area contributed by atoms with Crippen molar-refractivity contribution in [3.63, 3.8) is 0 Å². The summed E-state index contributed by atoms with van der Waals surface area (Å²) in [6.45, 7) is 2.21. The second-order valence-corrected chi connectivity index (χ2v) is 9.97. The van der Waals surface area contributed by atoms with Gasteiger partial charge in [-0.15, -0.1) is 0 Å². The summed E-state index contributed by atoms with van der Waals surface area (Å²) in [5.74, 6) is 1.36. The first-order chi connectivity index (χ1) is 18.3. The highest BCUT2D eigenvalue weighted by Gasteiger charge is 2.41. The van der Waals surface area contributed by atoms with Gasteiger partial charge < -0.3 is 19.1 Å². The molecular formula is C27H30F6N2O4. The Bertz CT molecular complexity index is 1180. The van der Waals surface area contributed by atoms with E-state index >= 15 is 0 Å². The molecule has 0 radical (unpaired) electrons. The summed E-state index contributed by atoms with van der Waals surface area (Å²) >= 11 is 0. The number of carbonyl (C=O) groups is 1. The molecule has 0 saturated heterocycles. The first-order valence-electron chi connectivity index (χ1n) is 12.4. The van der Waals surface area contributed by atoms with Gasteiger partial charge in [-0.2, -0.15) is 26.3 Å². The second-order valence-electron chi connectivity index (χ2n) is 9.97. The van der Waals surface area contributed by atoms with Gasteiger partial charge in [0.05, 0.1) is 38.5 Å².